The third kappa shape index (κ3) is 3.28. The van der Waals surface area contributed by atoms with Gasteiger partial charge in [-0.3, -0.25) is 9.59 Å². The quantitative estimate of drug-likeness (QED) is 0.770. The number of hydrogen-bond acceptors (Lipinski definition) is 4. The molecular formula is C19H16ClN3O3. The number of amides is 1. The Morgan fingerprint density at radius 3 is 2.96 bits per heavy atom. The van der Waals surface area contributed by atoms with Crippen molar-refractivity contribution in [1.82, 2.24) is 14.9 Å². The van der Waals surface area contributed by atoms with Gasteiger partial charge in [0.15, 0.2) is 0 Å². The van der Waals surface area contributed by atoms with Gasteiger partial charge in [-0.1, -0.05) is 29.8 Å². The molecule has 1 aliphatic heterocycles. The normalized spacial score (nSPS) is 16.8. The van der Waals surface area contributed by atoms with Gasteiger partial charge in [0.05, 0.1) is 17.6 Å². The number of aromatic nitrogens is 2. The molecule has 1 fully saturated rings. The fourth-order valence-electron chi connectivity index (χ4n) is 3.05. The molecule has 0 aliphatic carbocycles. The lowest BCUT2D eigenvalue weighted by Crippen LogP contribution is -2.31. The lowest BCUT2D eigenvalue weighted by atomic mass is 10.2. The minimum atomic E-state index is -0.409. The van der Waals surface area contributed by atoms with E-state index in [0.29, 0.717) is 24.5 Å². The van der Waals surface area contributed by atoms with Crippen molar-refractivity contribution < 1.29 is 9.53 Å². The highest BCUT2D eigenvalue weighted by atomic mass is 35.5. The number of halogens is 1. The third-order valence-electron chi connectivity index (χ3n) is 4.40. The van der Waals surface area contributed by atoms with Crippen LogP contribution in [-0.4, -0.2) is 40.0 Å². The minimum absolute atomic E-state index is 0.00297. The summed E-state index contributed by atoms with van der Waals surface area (Å²) in [4.78, 5) is 32.5. The maximum atomic E-state index is 12.6. The number of aromatic amines is 1. The fraction of sp³-hybridized carbons (Fsp3) is 0.211. The Labute approximate surface area is 154 Å². The largest absolute Gasteiger partial charge is 0.472 e. The molecule has 4 rings (SSSR count). The Kier molecular flexibility index (Phi) is 4.34. The number of ether oxygens (including phenoxy) is 1. The van der Waals surface area contributed by atoms with Gasteiger partial charge in [-0.05, 0) is 18.2 Å². The zero-order valence-corrected chi connectivity index (χ0v) is 14.6. The van der Waals surface area contributed by atoms with Crippen LogP contribution in [0, 0.1) is 0 Å². The van der Waals surface area contributed by atoms with Crippen LogP contribution in [0.3, 0.4) is 0 Å². The van der Waals surface area contributed by atoms with E-state index < -0.39 is 5.56 Å². The molecule has 3 aromatic rings. The molecule has 3 heterocycles. The summed E-state index contributed by atoms with van der Waals surface area (Å²) in [6.07, 6.45) is 1.98. The summed E-state index contributed by atoms with van der Waals surface area (Å²) < 4.78 is 5.95. The fourth-order valence-corrected chi connectivity index (χ4v) is 3.23. The molecule has 1 amide bonds. The third-order valence-corrected chi connectivity index (χ3v) is 4.68. The molecule has 0 bridgehead atoms. The first kappa shape index (κ1) is 16.6. The predicted octanol–water partition coefficient (Wildman–Crippen LogP) is 2.87. The molecule has 1 aromatic carbocycles. The molecule has 132 valence electrons. The molecule has 1 unspecified atom stereocenters. The van der Waals surface area contributed by atoms with E-state index in [0.717, 1.165) is 17.3 Å². The molecule has 1 saturated heterocycles. The Morgan fingerprint density at radius 2 is 2.12 bits per heavy atom. The molecule has 2 aromatic heterocycles. The molecular weight excluding hydrogens is 354 g/mol. The van der Waals surface area contributed by atoms with Crippen LogP contribution in [0.4, 0.5) is 0 Å². The highest BCUT2D eigenvalue weighted by Crippen LogP contribution is 2.21. The van der Waals surface area contributed by atoms with Crippen LogP contribution >= 0.6 is 11.6 Å². The highest BCUT2D eigenvalue weighted by Gasteiger charge is 2.29. The number of benzene rings is 1. The smallest absolute Gasteiger partial charge is 0.266 e. The van der Waals surface area contributed by atoms with E-state index in [4.69, 9.17) is 16.3 Å². The number of nitrogens with zero attached hydrogens (tertiary/aromatic N) is 2. The first-order valence-corrected chi connectivity index (χ1v) is 8.68. The monoisotopic (exact) mass is 369 g/mol. The summed E-state index contributed by atoms with van der Waals surface area (Å²) >= 11 is 5.80. The van der Waals surface area contributed by atoms with Crippen molar-refractivity contribution in [2.24, 2.45) is 0 Å². The molecule has 0 saturated carbocycles. The number of rotatable bonds is 3. The summed E-state index contributed by atoms with van der Waals surface area (Å²) in [6, 6.07) is 13.0. The topological polar surface area (TPSA) is 75.3 Å². The number of carbonyl (C=O) groups excluding carboxylic acids is 1. The van der Waals surface area contributed by atoms with Crippen molar-refractivity contribution in [3.05, 3.63) is 69.6 Å². The summed E-state index contributed by atoms with van der Waals surface area (Å²) in [5.41, 5.74) is 0.825. The van der Waals surface area contributed by atoms with Gasteiger partial charge in [0.25, 0.3) is 11.5 Å². The van der Waals surface area contributed by atoms with Crippen LogP contribution in [0.5, 0.6) is 5.88 Å². The van der Waals surface area contributed by atoms with E-state index in [-0.39, 0.29) is 17.0 Å². The number of fused-ring (bicyclic) bond motifs is 1. The van der Waals surface area contributed by atoms with Gasteiger partial charge in [-0.25, -0.2) is 4.98 Å². The molecule has 7 heteroatoms. The second-order valence-corrected chi connectivity index (χ2v) is 6.59. The number of likely N-dealkylation sites (tertiary alicyclic amines) is 1. The summed E-state index contributed by atoms with van der Waals surface area (Å²) in [7, 11) is 0. The molecule has 0 radical (unpaired) electrons. The standard InChI is InChI=1S/C19H16ClN3O3/c20-15-9-13(10-21-18(15)24)19(25)23-8-7-14(11-23)26-17-6-5-12-3-1-2-4-16(12)22-17/h1-6,9-10,14H,7-8,11H2,(H,21,24). The molecule has 0 spiro atoms. The van der Waals surface area contributed by atoms with E-state index in [1.807, 2.05) is 36.4 Å². The number of pyridine rings is 2. The van der Waals surface area contributed by atoms with Crippen molar-refractivity contribution in [3.8, 4) is 5.88 Å². The molecule has 1 aliphatic rings. The number of carbonyl (C=O) groups is 1. The van der Waals surface area contributed by atoms with Crippen LogP contribution in [0.15, 0.2) is 53.5 Å². The lowest BCUT2D eigenvalue weighted by molar-refractivity contribution is 0.0771. The van der Waals surface area contributed by atoms with Gasteiger partial charge in [-0.2, -0.15) is 0 Å². The second kappa shape index (κ2) is 6.80. The average molecular weight is 370 g/mol. The Bertz CT molecular complexity index is 1030. The first-order valence-electron chi connectivity index (χ1n) is 8.30. The number of hydrogen-bond donors (Lipinski definition) is 1. The number of H-pyrrole nitrogens is 1. The summed E-state index contributed by atoms with van der Waals surface area (Å²) in [5.74, 6) is 0.371. The van der Waals surface area contributed by atoms with Crippen LogP contribution in [0.25, 0.3) is 10.9 Å². The number of para-hydroxylation sites is 1. The van der Waals surface area contributed by atoms with Gasteiger partial charge >= 0.3 is 0 Å². The van der Waals surface area contributed by atoms with Gasteiger partial charge < -0.3 is 14.6 Å². The molecule has 1 atom stereocenters. The maximum absolute atomic E-state index is 12.6. The van der Waals surface area contributed by atoms with E-state index >= 15 is 0 Å². The summed E-state index contributed by atoms with van der Waals surface area (Å²) in [6.45, 7) is 1.04. The maximum Gasteiger partial charge on any atom is 0.266 e. The van der Waals surface area contributed by atoms with Gasteiger partial charge in [0, 0.05) is 30.6 Å². The van der Waals surface area contributed by atoms with E-state index in [1.54, 1.807) is 4.90 Å². The Morgan fingerprint density at radius 1 is 1.27 bits per heavy atom. The van der Waals surface area contributed by atoms with Crippen molar-refractivity contribution in [1.29, 1.82) is 0 Å². The zero-order chi connectivity index (χ0) is 18.1. The van der Waals surface area contributed by atoms with Crippen molar-refractivity contribution in [3.63, 3.8) is 0 Å². The Hall–Kier alpha value is -2.86. The molecule has 1 N–H and O–H groups in total. The SMILES string of the molecule is O=C(c1c[nH]c(=O)c(Cl)c1)N1CCC(Oc2ccc3ccccc3n2)C1. The molecule has 6 nitrogen and oxygen atoms in total. The number of nitrogens with one attached hydrogen (secondary N) is 1. The van der Waals surface area contributed by atoms with Crippen molar-refractivity contribution in [2.75, 3.05) is 13.1 Å². The van der Waals surface area contributed by atoms with Crippen LogP contribution in [-0.2, 0) is 0 Å². The predicted molar refractivity (Wildman–Crippen MR) is 98.8 cm³/mol. The van der Waals surface area contributed by atoms with Crippen molar-refractivity contribution in [2.45, 2.75) is 12.5 Å². The summed E-state index contributed by atoms with van der Waals surface area (Å²) in [5, 5.41) is 1.06. The van der Waals surface area contributed by atoms with Gasteiger partial charge in [0.1, 0.15) is 11.1 Å². The van der Waals surface area contributed by atoms with Gasteiger partial charge in [-0.15, -0.1) is 0 Å². The second-order valence-electron chi connectivity index (χ2n) is 6.19. The molecule has 26 heavy (non-hydrogen) atoms. The van der Waals surface area contributed by atoms with Crippen LogP contribution < -0.4 is 10.3 Å². The zero-order valence-electron chi connectivity index (χ0n) is 13.8. The average Bonchev–Trinajstić information content (AvgIpc) is 3.12. The highest BCUT2D eigenvalue weighted by molar-refractivity contribution is 6.30. The van der Waals surface area contributed by atoms with Crippen molar-refractivity contribution >= 4 is 28.4 Å². The minimum Gasteiger partial charge on any atom is -0.472 e. The lowest BCUT2D eigenvalue weighted by Gasteiger charge is -2.17. The Balaban J connectivity index is 1.44. The van der Waals surface area contributed by atoms with E-state index in [9.17, 15) is 9.59 Å². The van der Waals surface area contributed by atoms with E-state index in [1.165, 1.54) is 12.3 Å². The van der Waals surface area contributed by atoms with E-state index in [2.05, 4.69) is 9.97 Å². The van der Waals surface area contributed by atoms with Crippen LogP contribution in [0.2, 0.25) is 5.02 Å². The van der Waals surface area contributed by atoms with Gasteiger partial charge in [0.2, 0.25) is 5.88 Å². The van der Waals surface area contributed by atoms with Crippen LogP contribution in [0.1, 0.15) is 16.8 Å². The first-order chi connectivity index (χ1) is 12.6.